The maximum atomic E-state index is 13.3. The lowest BCUT2D eigenvalue weighted by Gasteiger charge is -2.22. The number of hydrogen-bond donors (Lipinski definition) is 1. The number of anilines is 1. The Morgan fingerprint density at radius 1 is 1.33 bits per heavy atom. The molecule has 0 spiro atoms. The highest BCUT2D eigenvalue weighted by Crippen LogP contribution is 2.11. The number of benzene rings is 1. The largest absolute Gasteiger partial charge is 0.351 e. The van der Waals surface area contributed by atoms with Gasteiger partial charge in [-0.3, -0.25) is 4.99 Å². The summed E-state index contributed by atoms with van der Waals surface area (Å²) in [5.41, 5.74) is 1.95. The fraction of sp³-hybridized carbons (Fsp3) is 0.412. The topological polar surface area (TPSA) is 48.7 Å². The van der Waals surface area contributed by atoms with Crippen molar-refractivity contribution in [2.45, 2.75) is 13.1 Å². The molecule has 0 aliphatic rings. The average Bonchev–Trinajstić information content (AvgIpc) is 2.89. The summed E-state index contributed by atoms with van der Waals surface area (Å²) in [6.07, 6.45) is 1.85. The van der Waals surface area contributed by atoms with Gasteiger partial charge in [-0.05, 0) is 17.7 Å². The van der Waals surface area contributed by atoms with E-state index in [4.69, 9.17) is 0 Å². The van der Waals surface area contributed by atoms with E-state index in [1.807, 2.05) is 54.8 Å². The number of imidazole rings is 1. The van der Waals surface area contributed by atoms with Crippen LogP contribution < -0.4 is 10.2 Å². The predicted octanol–water partition coefficient (Wildman–Crippen LogP) is 1.83. The van der Waals surface area contributed by atoms with Gasteiger partial charge in [0, 0.05) is 41.8 Å². The summed E-state index contributed by atoms with van der Waals surface area (Å²) in [6.45, 7) is 1.18. The van der Waals surface area contributed by atoms with Crippen LogP contribution in [0.4, 0.5) is 10.3 Å². The Kier molecular flexibility index (Phi) is 5.78. The highest BCUT2D eigenvalue weighted by Gasteiger charge is 2.11. The van der Waals surface area contributed by atoms with Crippen molar-refractivity contribution >= 4 is 11.9 Å². The van der Waals surface area contributed by atoms with Gasteiger partial charge in [-0.15, -0.1) is 0 Å². The first-order valence-corrected chi connectivity index (χ1v) is 7.76. The molecule has 130 valence electrons. The van der Waals surface area contributed by atoms with Crippen molar-refractivity contribution < 1.29 is 4.39 Å². The van der Waals surface area contributed by atoms with Gasteiger partial charge in [0.25, 0.3) is 0 Å². The van der Waals surface area contributed by atoms with Crippen LogP contribution in [0.3, 0.4) is 0 Å². The maximum Gasteiger partial charge on any atom is 0.204 e. The molecule has 0 saturated carbocycles. The molecule has 1 aromatic carbocycles. The average molecular weight is 332 g/mol. The summed E-state index contributed by atoms with van der Waals surface area (Å²) in [6, 6.07) is 6.60. The number of hydrogen-bond acceptors (Lipinski definition) is 3. The number of guanidine groups is 1. The van der Waals surface area contributed by atoms with E-state index in [1.165, 1.54) is 12.1 Å². The van der Waals surface area contributed by atoms with Crippen molar-refractivity contribution in [3.63, 3.8) is 0 Å². The van der Waals surface area contributed by atoms with Gasteiger partial charge in [0.2, 0.25) is 5.95 Å². The first-order valence-electron chi connectivity index (χ1n) is 7.76. The van der Waals surface area contributed by atoms with Crippen LogP contribution in [0, 0.1) is 5.82 Å². The molecule has 0 aliphatic carbocycles. The lowest BCUT2D eigenvalue weighted by atomic mass is 10.2. The van der Waals surface area contributed by atoms with Crippen LogP contribution in [0.5, 0.6) is 0 Å². The zero-order valence-corrected chi connectivity index (χ0v) is 14.9. The minimum Gasteiger partial charge on any atom is -0.351 e. The van der Waals surface area contributed by atoms with Crippen LogP contribution in [-0.2, 0) is 20.1 Å². The Labute approximate surface area is 142 Å². The van der Waals surface area contributed by atoms with E-state index in [-0.39, 0.29) is 5.82 Å². The molecule has 0 amide bonds. The Morgan fingerprint density at radius 3 is 2.67 bits per heavy atom. The highest BCUT2D eigenvalue weighted by molar-refractivity contribution is 5.79. The second kappa shape index (κ2) is 7.81. The predicted molar refractivity (Wildman–Crippen MR) is 95.6 cm³/mol. The molecule has 1 N–H and O–H groups in total. The number of nitrogens with one attached hydrogen (secondary N) is 1. The SMILES string of the molecule is CN=C(NCc1cnc(N(C)C)n1C)N(C)Cc1cccc(F)c1. The molecule has 0 saturated heterocycles. The zero-order chi connectivity index (χ0) is 17.7. The molecule has 1 heterocycles. The van der Waals surface area contributed by atoms with Crippen LogP contribution in [0.1, 0.15) is 11.3 Å². The van der Waals surface area contributed by atoms with Gasteiger partial charge in [-0.1, -0.05) is 12.1 Å². The molecule has 0 unspecified atom stereocenters. The number of nitrogens with zero attached hydrogens (tertiary/aromatic N) is 5. The van der Waals surface area contributed by atoms with Crippen LogP contribution in [0.2, 0.25) is 0 Å². The molecular formula is C17H25FN6. The Morgan fingerprint density at radius 2 is 2.08 bits per heavy atom. The quantitative estimate of drug-likeness (QED) is 0.670. The first-order chi connectivity index (χ1) is 11.4. The molecule has 2 rings (SSSR count). The molecule has 0 bridgehead atoms. The first kappa shape index (κ1) is 17.8. The Balaban J connectivity index is 1.99. The van der Waals surface area contributed by atoms with Gasteiger partial charge in [0.05, 0.1) is 18.4 Å². The monoisotopic (exact) mass is 332 g/mol. The zero-order valence-electron chi connectivity index (χ0n) is 14.9. The van der Waals surface area contributed by atoms with E-state index in [9.17, 15) is 4.39 Å². The van der Waals surface area contributed by atoms with E-state index < -0.39 is 0 Å². The van der Waals surface area contributed by atoms with E-state index in [2.05, 4.69) is 15.3 Å². The van der Waals surface area contributed by atoms with Gasteiger partial charge < -0.3 is 19.7 Å². The fourth-order valence-corrected chi connectivity index (χ4v) is 2.55. The van der Waals surface area contributed by atoms with Crippen LogP contribution in [0.15, 0.2) is 35.5 Å². The minimum atomic E-state index is -0.227. The normalized spacial score (nSPS) is 11.5. The van der Waals surface area contributed by atoms with Crippen molar-refractivity contribution in [1.82, 2.24) is 19.8 Å². The number of aromatic nitrogens is 2. The minimum absolute atomic E-state index is 0.227. The molecule has 1 aromatic heterocycles. The molecule has 0 fully saturated rings. The van der Waals surface area contributed by atoms with Crippen molar-refractivity contribution in [3.05, 3.63) is 47.5 Å². The maximum absolute atomic E-state index is 13.3. The fourth-order valence-electron chi connectivity index (χ4n) is 2.55. The highest BCUT2D eigenvalue weighted by atomic mass is 19.1. The summed E-state index contributed by atoms with van der Waals surface area (Å²) in [5, 5.41) is 3.32. The molecule has 2 aromatic rings. The molecule has 0 radical (unpaired) electrons. The number of rotatable bonds is 5. The second-order valence-electron chi connectivity index (χ2n) is 5.89. The van der Waals surface area contributed by atoms with Crippen molar-refractivity contribution in [2.75, 3.05) is 33.1 Å². The molecule has 24 heavy (non-hydrogen) atoms. The number of aliphatic imine (C=N–C) groups is 1. The van der Waals surface area contributed by atoms with Gasteiger partial charge in [-0.2, -0.15) is 0 Å². The Bertz CT molecular complexity index is 707. The molecule has 0 aliphatic heterocycles. The van der Waals surface area contributed by atoms with Crippen molar-refractivity contribution in [2.24, 2.45) is 12.0 Å². The summed E-state index contributed by atoms with van der Waals surface area (Å²) in [4.78, 5) is 12.6. The molecule has 7 heteroatoms. The summed E-state index contributed by atoms with van der Waals surface area (Å²) in [5.74, 6) is 1.41. The lowest BCUT2D eigenvalue weighted by Crippen LogP contribution is -2.38. The van der Waals surface area contributed by atoms with E-state index in [0.29, 0.717) is 13.1 Å². The standard InChI is InChI=1S/C17H25FN6/c1-19-16(23(4)12-13-7-6-8-14(18)9-13)20-10-15-11-21-17(22(2)3)24(15)5/h6-9,11H,10,12H2,1-5H3,(H,19,20). The van der Waals surface area contributed by atoms with Gasteiger partial charge in [-0.25, -0.2) is 9.37 Å². The molecule has 6 nitrogen and oxygen atoms in total. The second-order valence-corrected chi connectivity index (χ2v) is 5.89. The number of halogens is 1. The van der Waals surface area contributed by atoms with Gasteiger partial charge in [0.15, 0.2) is 5.96 Å². The van der Waals surface area contributed by atoms with Crippen molar-refractivity contribution in [1.29, 1.82) is 0 Å². The molecular weight excluding hydrogens is 307 g/mol. The smallest absolute Gasteiger partial charge is 0.204 e. The summed E-state index contributed by atoms with van der Waals surface area (Å²) in [7, 11) is 9.57. The van der Waals surface area contributed by atoms with E-state index >= 15 is 0 Å². The van der Waals surface area contributed by atoms with E-state index in [0.717, 1.165) is 23.2 Å². The third-order valence-corrected chi connectivity index (χ3v) is 3.77. The third-order valence-electron chi connectivity index (χ3n) is 3.77. The third kappa shape index (κ3) is 4.24. The summed E-state index contributed by atoms with van der Waals surface area (Å²) >= 11 is 0. The summed E-state index contributed by atoms with van der Waals surface area (Å²) < 4.78 is 15.3. The van der Waals surface area contributed by atoms with Gasteiger partial charge in [0.1, 0.15) is 5.82 Å². The lowest BCUT2D eigenvalue weighted by molar-refractivity contribution is 0.473. The van der Waals surface area contributed by atoms with Crippen LogP contribution >= 0.6 is 0 Å². The van der Waals surface area contributed by atoms with Gasteiger partial charge >= 0.3 is 0 Å². The van der Waals surface area contributed by atoms with Crippen LogP contribution in [0.25, 0.3) is 0 Å². The Hall–Kier alpha value is -2.57. The van der Waals surface area contributed by atoms with E-state index in [1.54, 1.807) is 13.1 Å². The van der Waals surface area contributed by atoms with Crippen molar-refractivity contribution in [3.8, 4) is 0 Å². The molecule has 0 atom stereocenters. The van der Waals surface area contributed by atoms with Crippen LogP contribution in [-0.4, -0.2) is 48.6 Å².